The van der Waals surface area contributed by atoms with E-state index in [0.717, 1.165) is 5.56 Å². The van der Waals surface area contributed by atoms with Gasteiger partial charge in [0.1, 0.15) is 5.75 Å². The molecule has 1 fully saturated rings. The minimum Gasteiger partial charge on any atom is -0.481 e. The number of carboxylic acids is 1. The Morgan fingerprint density at radius 2 is 1.74 bits per heavy atom. The molecule has 2 aromatic rings. The smallest absolute Gasteiger partial charge is 0.387 e. The van der Waals surface area contributed by atoms with Crippen molar-refractivity contribution in [3.63, 3.8) is 0 Å². The van der Waals surface area contributed by atoms with Crippen molar-refractivity contribution < 1.29 is 28.2 Å². The van der Waals surface area contributed by atoms with Crippen molar-refractivity contribution in [2.75, 3.05) is 13.1 Å². The van der Waals surface area contributed by atoms with Crippen LogP contribution in [-0.2, 0) is 16.0 Å². The average Bonchev–Trinajstić information content (AvgIpc) is 3.09. The molecule has 0 radical (unpaired) electrons. The molecule has 27 heavy (non-hydrogen) atoms. The van der Waals surface area contributed by atoms with Crippen LogP contribution in [0.15, 0.2) is 54.6 Å². The molecule has 3 rings (SSSR count). The Balaban J connectivity index is 1.67. The van der Waals surface area contributed by atoms with Crippen molar-refractivity contribution in [2.45, 2.75) is 19.0 Å². The van der Waals surface area contributed by atoms with Crippen LogP contribution in [0.3, 0.4) is 0 Å². The number of hydrogen-bond donors (Lipinski definition) is 1. The van der Waals surface area contributed by atoms with Crippen LogP contribution < -0.4 is 4.74 Å². The zero-order valence-corrected chi connectivity index (χ0v) is 14.4. The van der Waals surface area contributed by atoms with E-state index in [4.69, 9.17) is 0 Å². The second-order valence-corrected chi connectivity index (χ2v) is 6.46. The number of likely N-dealkylation sites (tertiary alicyclic amines) is 1. The molecule has 1 saturated heterocycles. The van der Waals surface area contributed by atoms with Gasteiger partial charge in [-0.15, -0.1) is 0 Å². The number of ether oxygens (including phenoxy) is 1. The van der Waals surface area contributed by atoms with Crippen LogP contribution in [0.25, 0.3) is 0 Å². The average molecular weight is 375 g/mol. The molecule has 142 valence electrons. The largest absolute Gasteiger partial charge is 0.481 e. The predicted octanol–water partition coefficient (Wildman–Crippen LogP) is 3.16. The van der Waals surface area contributed by atoms with Gasteiger partial charge in [-0.2, -0.15) is 8.78 Å². The first kappa shape index (κ1) is 18.8. The molecule has 1 heterocycles. The maximum atomic E-state index is 12.6. The second kappa shape index (κ2) is 8.16. The number of nitrogens with zero attached hydrogens (tertiary/aromatic N) is 1. The van der Waals surface area contributed by atoms with Gasteiger partial charge in [-0.05, 0) is 23.3 Å². The number of halogens is 2. The Labute approximate surface area is 155 Å². The highest BCUT2D eigenvalue weighted by Crippen LogP contribution is 2.33. The van der Waals surface area contributed by atoms with E-state index >= 15 is 0 Å². The maximum absolute atomic E-state index is 12.6. The summed E-state index contributed by atoms with van der Waals surface area (Å²) < 4.78 is 28.6. The van der Waals surface area contributed by atoms with Gasteiger partial charge in [0.2, 0.25) is 5.91 Å². The van der Waals surface area contributed by atoms with Crippen LogP contribution >= 0.6 is 0 Å². The van der Waals surface area contributed by atoms with Crippen LogP contribution in [0.2, 0.25) is 0 Å². The highest BCUT2D eigenvalue weighted by atomic mass is 19.3. The fourth-order valence-electron chi connectivity index (χ4n) is 3.37. The van der Waals surface area contributed by atoms with E-state index in [1.54, 1.807) is 17.0 Å². The quantitative estimate of drug-likeness (QED) is 0.842. The van der Waals surface area contributed by atoms with Gasteiger partial charge < -0.3 is 14.7 Å². The van der Waals surface area contributed by atoms with Crippen molar-refractivity contribution in [3.8, 4) is 5.75 Å². The van der Waals surface area contributed by atoms with E-state index in [1.165, 1.54) is 12.1 Å². The molecular weight excluding hydrogens is 356 g/mol. The summed E-state index contributed by atoms with van der Waals surface area (Å²) in [5.74, 6) is -2.00. The minimum atomic E-state index is -2.90. The molecule has 0 bridgehead atoms. The Morgan fingerprint density at radius 1 is 1.07 bits per heavy atom. The number of carbonyl (C=O) groups excluding carboxylic acids is 1. The summed E-state index contributed by atoms with van der Waals surface area (Å²) in [6, 6.07) is 15.2. The van der Waals surface area contributed by atoms with Crippen molar-refractivity contribution >= 4 is 11.9 Å². The molecule has 5 nitrogen and oxygen atoms in total. The third-order valence-corrected chi connectivity index (χ3v) is 4.72. The van der Waals surface area contributed by atoms with Gasteiger partial charge in [0.25, 0.3) is 0 Å². The number of amides is 1. The Morgan fingerprint density at radius 3 is 2.33 bits per heavy atom. The van der Waals surface area contributed by atoms with Gasteiger partial charge in [-0.1, -0.05) is 42.5 Å². The molecule has 0 saturated carbocycles. The summed E-state index contributed by atoms with van der Waals surface area (Å²) in [5.41, 5.74) is 1.55. The topological polar surface area (TPSA) is 66.8 Å². The number of aliphatic carboxylic acids is 1. The number of hydrogen-bond acceptors (Lipinski definition) is 3. The number of alkyl halides is 2. The lowest BCUT2D eigenvalue weighted by atomic mass is 9.89. The van der Waals surface area contributed by atoms with Gasteiger partial charge in [-0.25, -0.2) is 0 Å². The molecule has 1 amide bonds. The maximum Gasteiger partial charge on any atom is 0.387 e. The van der Waals surface area contributed by atoms with Gasteiger partial charge >= 0.3 is 12.6 Å². The molecule has 2 atom stereocenters. The van der Waals surface area contributed by atoms with Gasteiger partial charge in [0, 0.05) is 19.0 Å². The predicted molar refractivity (Wildman–Crippen MR) is 93.7 cm³/mol. The van der Waals surface area contributed by atoms with Crippen molar-refractivity contribution in [3.05, 3.63) is 65.7 Å². The van der Waals surface area contributed by atoms with Crippen molar-refractivity contribution in [1.82, 2.24) is 4.90 Å². The van der Waals surface area contributed by atoms with E-state index in [0.29, 0.717) is 12.1 Å². The van der Waals surface area contributed by atoms with Crippen LogP contribution in [0.4, 0.5) is 8.78 Å². The summed E-state index contributed by atoms with van der Waals surface area (Å²) in [5, 5.41) is 9.52. The summed E-state index contributed by atoms with van der Waals surface area (Å²) >= 11 is 0. The van der Waals surface area contributed by atoms with Crippen LogP contribution in [-0.4, -0.2) is 41.6 Å². The first-order valence-electron chi connectivity index (χ1n) is 8.53. The standard InChI is InChI=1S/C20H19F2NO4/c21-20(22)27-15-8-6-13(7-9-15)10-18(24)23-11-16(17(12-23)19(25)26)14-4-2-1-3-5-14/h1-9,16-17,20H,10-12H2,(H,25,26). The third-order valence-electron chi connectivity index (χ3n) is 4.72. The van der Waals surface area contributed by atoms with E-state index in [9.17, 15) is 23.5 Å². The molecule has 2 unspecified atom stereocenters. The first-order chi connectivity index (χ1) is 12.9. The Bertz CT molecular complexity index is 795. The number of benzene rings is 2. The lowest BCUT2D eigenvalue weighted by Crippen LogP contribution is -2.31. The molecule has 7 heteroatoms. The van der Waals surface area contributed by atoms with Gasteiger partial charge in [0.15, 0.2) is 0 Å². The molecular formula is C20H19F2NO4. The third kappa shape index (κ3) is 4.61. The Kier molecular flexibility index (Phi) is 5.69. The van der Waals surface area contributed by atoms with Crippen LogP contribution in [0.1, 0.15) is 17.0 Å². The Hall–Kier alpha value is -2.96. The monoisotopic (exact) mass is 375 g/mol. The molecule has 0 spiro atoms. The van der Waals surface area contributed by atoms with Crippen molar-refractivity contribution in [1.29, 1.82) is 0 Å². The summed E-state index contributed by atoms with van der Waals surface area (Å²) in [7, 11) is 0. The molecule has 1 aliphatic rings. The lowest BCUT2D eigenvalue weighted by Gasteiger charge is -2.17. The fourth-order valence-corrected chi connectivity index (χ4v) is 3.37. The van der Waals surface area contributed by atoms with Crippen LogP contribution in [0.5, 0.6) is 5.75 Å². The summed E-state index contributed by atoms with van der Waals surface area (Å²) in [6.07, 6.45) is 0.0722. The molecule has 0 aromatic heterocycles. The second-order valence-electron chi connectivity index (χ2n) is 6.46. The number of carbonyl (C=O) groups is 2. The first-order valence-corrected chi connectivity index (χ1v) is 8.53. The highest BCUT2D eigenvalue weighted by molar-refractivity contribution is 5.81. The molecule has 0 aliphatic carbocycles. The number of carboxylic acid groups (broad SMARTS) is 1. The van der Waals surface area contributed by atoms with Crippen molar-refractivity contribution in [2.24, 2.45) is 5.92 Å². The van der Waals surface area contributed by atoms with E-state index in [2.05, 4.69) is 4.74 Å². The minimum absolute atomic E-state index is 0.0254. The molecule has 1 aliphatic heterocycles. The molecule has 1 N–H and O–H groups in total. The highest BCUT2D eigenvalue weighted by Gasteiger charge is 2.40. The molecule has 2 aromatic carbocycles. The van der Waals surface area contributed by atoms with E-state index in [1.807, 2.05) is 30.3 Å². The van der Waals surface area contributed by atoms with Gasteiger partial charge in [0.05, 0.1) is 12.3 Å². The summed E-state index contributed by atoms with van der Waals surface area (Å²) in [6.45, 7) is -2.41. The lowest BCUT2D eigenvalue weighted by molar-refractivity contribution is -0.141. The SMILES string of the molecule is O=C(O)C1CN(C(=O)Cc2ccc(OC(F)F)cc2)CC1c1ccccc1. The zero-order valence-electron chi connectivity index (χ0n) is 14.4. The van der Waals surface area contributed by atoms with E-state index < -0.39 is 18.5 Å². The van der Waals surface area contributed by atoms with Gasteiger partial charge in [-0.3, -0.25) is 9.59 Å². The zero-order chi connectivity index (χ0) is 19.4. The summed E-state index contributed by atoms with van der Waals surface area (Å²) in [4.78, 5) is 25.8. The number of rotatable bonds is 6. The van der Waals surface area contributed by atoms with E-state index in [-0.39, 0.29) is 30.5 Å². The normalized spacial score (nSPS) is 19.3. The van der Waals surface area contributed by atoms with Crippen LogP contribution in [0, 0.1) is 5.92 Å². The fraction of sp³-hybridized carbons (Fsp3) is 0.300.